The van der Waals surface area contributed by atoms with Crippen molar-refractivity contribution >= 4 is 0 Å². The average molecular weight is 251 g/mol. The summed E-state index contributed by atoms with van der Waals surface area (Å²) in [6.45, 7) is 4.28. The number of nitrogens with two attached hydrogens (primary N) is 1. The fraction of sp³-hybridized carbons (Fsp3) is 0.929. The first-order chi connectivity index (χ1) is 8.68. The molecule has 102 valence electrons. The Bertz CT molecular complexity index is 315. The summed E-state index contributed by atoms with van der Waals surface area (Å²) in [5.41, 5.74) is 5.61. The first-order valence-corrected chi connectivity index (χ1v) is 7.09. The van der Waals surface area contributed by atoms with Crippen LogP contribution in [0, 0.1) is 23.2 Å². The highest BCUT2D eigenvalue weighted by molar-refractivity contribution is 5.12. The van der Waals surface area contributed by atoms with Crippen LogP contribution in [-0.4, -0.2) is 43.8 Å². The maximum absolute atomic E-state index is 9.19. The first kappa shape index (κ1) is 13.8. The van der Waals surface area contributed by atoms with Gasteiger partial charge in [-0.25, -0.2) is 0 Å². The van der Waals surface area contributed by atoms with Crippen LogP contribution in [0.5, 0.6) is 0 Å². The maximum Gasteiger partial charge on any atom is 0.107 e. The van der Waals surface area contributed by atoms with Gasteiger partial charge in [0.05, 0.1) is 12.7 Å². The monoisotopic (exact) mass is 251 g/mol. The molecule has 0 aromatic carbocycles. The number of hydrogen-bond acceptors (Lipinski definition) is 4. The van der Waals surface area contributed by atoms with Gasteiger partial charge in [-0.05, 0) is 50.6 Å². The smallest absolute Gasteiger partial charge is 0.107 e. The third-order valence-electron chi connectivity index (χ3n) is 4.65. The zero-order valence-electron chi connectivity index (χ0n) is 11.4. The molecule has 2 rings (SSSR count). The van der Waals surface area contributed by atoms with Gasteiger partial charge in [-0.1, -0.05) is 6.42 Å². The highest BCUT2D eigenvalue weighted by atomic mass is 16.5. The van der Waals surface area contributed by atoms with Crippen molar-refractivity contribution in [2.45, 2.75) is 37.6 Å². The summed E-state index contributed by atoms with van der Waals surface area (Å²) >= 11 is 0. The molecule has 1 heterocycles. The predicted octanol–water partition coefficient (Wildman–Crippen LogP) is 1.37. The maximum atomic E-state index is 9.19. The van der Waals surface area contributed by atoms with Gasteiger partial charge in [-0.2, -0.15) is 5.26 Å². The number of hydrogen-bond donors (Lipinski definition) is 1. The van der Waals surface area contributed by atoms with Gasteiger partial charge in [0.25, 0.3) is 0 Å². The van der Waals surface area contributed by atoms with Crippen LogP contribution in [0.3, 0.4) is 0 Å². The topological polar surface area (TPSA) is 62.3 Å². The van der Waals surface area contributed by atoms with Gasteiger partial charge in [0, 0.05) is 13.7 Å². The van der Waals surface area contributed by atoms with Crippen LogP contribution in [0.2, 0.25) is 0 Å². The van der Waals surface area contributed by atoms with E-state index < -0.39 is 5.54 Å². The quantitative estimate of drug-likeness (QED) is 0.801. The fourth-order valence-electron chi connectivity index (χ4n) is 3.48. The molecule has 0 amide bonds. The molecular weight excluding hydrogens is 226 g/mol. The molecular formula is C14H25N3O. The minimum atomic E-state index is -0.550. The summed E-state index contributed by atoms with van der Waals surface area (Å²) in [7, 11) is 1.77. The first-order valence-electron chi connectivity index (χ1n) is 7.09. The summed E-state index contributed by atoms with van der Waals surface area (Å²) in [5.74, 6) is 1.08. The van der Waals surface area contributed by atoms with E-state index in [2.05, 4.69) is 11.0 Å². The molecule has 0 bridgehead atoms. The second kappa shape index (κ2) is 6.01. The number of methoxy groups -OCH3 is 1. The number of rotatable bonds is 5. The predicted molar refractivity (Wildman–Crippen MR) is 70.9 cm³/mol. The lowest BCUT2D eigenvalue weighted by molar-refractivity contribution is 0.152. The van der Waals surface area contributed by atoms with Crippen molar-refractivity contribution in [3.63, 3.8) is 0 Å². The van der Waals surface area contributed by atoms with Crippen molar-refractivity contribution in [3.05, 3.63) is 0 Å². The minimum absolute atomic E-state index is 0.393. The van der Waals surface area contributed by atoms with Crippen molar-refractivity contribution in [3.8, 4) is 6.07 Å². The highest BCUT2D eigenvalue weighted by Crippen LogP contribution is 2.35. The average Bonchev–Trinajstić information content (AvgIpc) is 2.95. The Kier molecular flexibility index (Phi) is 4.60. The van der Waals surface area contributed by atoms with Crippen molar-refractivity contribution in [2.75, 3.05) is 33.4 Å². The van der Waals surface area contributed by atoms with Crippen LogP contribution < -0.4 is 5.73 Å². The lowest BCUT2D eigenvalue weighted by atomic mass is 9.87. The second-order valence-corrected chi connectivity index (χ2v) is 5.94. The fourth-order valence-corrected chi connectivity index (χ4v) is 3.48. The minimum Gasteiger partial charge on any atom is -0.384 e. The third-order valence-corrected chi connectivity index (χ3v) is 4.65. The molecule has 0 radical (unpaired) electrons. The van der Waals surface area contributed by atoms with Crippen molar-refractivity contribution in [1.29, 1.82) is 5.26 Å². The van der Waals surface area contributed by atoms with E-state index in [1.54, 1.807) is 7.11 Å². The van der Waals surface area contributed by atoms with Gasteiger partial charge in [0.1, 0.15) is 5.54 Å². The van der Waals surface area contributed by atoms with Gasteiger partial charge in [-0.15, -0.1) is 0 Å². The van der Waals surface area contributed by atoms with Crippen molar-refractivity contribution < 1.29 is 4.74 Å². The van der Waals surface area contributed by atoms with E-state index in [1.807, 2.05) is 0 Å². The van der Waals surface area contributed by atoms with Crippen LogP contribution in [0.4, 0.5) is 0 Å². The molecule has 1 saturated heterocycles. The zero-order valence-corrected chi connectivity index (χ0v) is 11.4. The molecule has 4 nitrogen and oxygen atoms in total. The Morgan fingerprint density at radius 3 is 3.06 bits per heavy atom. The molecule has 3 atom stereocenters. The van der Waals surface area contributed by atoms with Gasteiger partial charge in [0.2, 0.25) is 0 Å². The van der Waals surface area contributed by atoms with Crippen LogP contribution >= 0.6 is 0 Å². The molecule has 2 N–H and O–H groups in total. The van der Waals surface area contributed by atoms with E-state index in [0.717, 1.165) is 45.4 Å². The Labute approximate surface area is 110 Å². The highest BCUT2D eigenvalue weighted by Gasteiger charge is 2.39. The second-order valence-electron chi connectivity index (χ2n) is 5.94. The van der Waals surface area contributed by atoms with Gasteiger partial charge < -0.3 is 15.4 Å². The molecule has 4 heteroatoms. The third kappa shape index (κ3) is 3.03. The van der Waals surface area contributed by atoms with Gasteiger partial charge in [-0.3, -0.25) is 0 Å². The number of nitrogens with zero attached hydrogens (tertiary/aromatic N) is 2. The molecule has 0 aromatic heterocycles. The van der Waals surface area contributed by atoms with E-state index in [0.29, 0.717) is 11.8 Å². The van der Waals surface area contributed by atoms with Crippen LogP contribution in [0.15, 0.2) is 0 Å². The molecule has 2 fully saturated rings. The molecule has 1 aliphatic carbocycles. The summed E-state index contributed by atoms with van der Waals surface area (Å²) in [6.07, 6.45) is 5.43. The summed E-state index contributed by atoms with van der Waals surface area (Å²) in [5, 5.41) is 9.19. The van der Waals surface area contributed by atoms with Crippen LogP contribution in [0.1, 0.15) is 32.1 Å². The molecule has 0 spiro atoms. The van der Waals surface area contributed by atoms with E-state index in [1.165, 1.54) is 13.0 Å². The normalized spacial score (nSPS) is 36.9. The molecule has 2 aliphatic rings. The summed E-state index contributed by atoms with van der Waals surface area (Å²) in [4.78, 5) is 2.50. The molecule has 0 aromatic rings. The Morgan fingerprint density at radius 1 is 1.50 bits per heavy atom. The zero-order chi connectivity index (χ0) is 13.0. The van der Waals surface area contributed by atoms with Crippen LogP contribution in [0.25, 0.3) is 0 Å². The summed E-state index contributed by atoms with van der Waals surface area (Å²) in [6, 6.07) is 2.33. The van der Waals surface area contributed by atoms with Gasteiger partial charge >= 0.3 is 0 Å². The Morgan fingerprint density at radius 2 is 2.33 bits per heavy atom. The van der Waals surface area contributed by atoms with Crippen molar-refractivity contribution in [1.82, 2.24) is 4.90 Å². The molecule has 18 heavy (non-hydrogen) atoms. The number of nitriles is 1. The Balaban J connectivity index is 1.74. The summed E-state index contributed by atoms with van der Waals surface area (Å²) < 4.78 is 5.21. The van der Waals surface area contributed by atoms with E-state index in [-0.39, 0.29) is 0 Å². The molecule has 1 saturated carbocycles. The van der Waals surface area contributed by atoms with E-state index >= 15 is 0 Å². The Hall–Kier alpha value is -0.630. The van der Waals surface area contributed by atoms with E-state index in [4.69, 9.17) is 10.5 Å². The number of ether oxygens (including phenoxy) is 1. The van der Waals surface area contributed by atoms with Gasteiger partial charge in [0.15, 0.2) is 0 Å². The number of likely N-dealkylation sites (tertiary alicyclic amines) is 1. The molecule has 3 unspecified atom stereocenters. The van der Waals surface area contributed by atoms with Crippen molar-refractivity contribution in [2.24, 2.45) is 17.6 Å². The van der Waals surface area contributed by atoms with Crippen LogP contribution in [-0.2, 0) is 4.74 Å². The molecule has 1 aliphatic heterocycles. The standard InChI is InChI=1S/C14H25N3O/c1-18-10-12-4-7-17(9-12)8-5-13-3-2-6-14(13,16)11-15/h12-13H,2-10,16H2,1H3. The lowest BCUT2D eigenvalue weighted by Gasteiger charge is -2.26. The lowest BCUT2D eigenvalue weighted by Crippen LogP contribution is -2.43. The SMILES string of the molecule is COCC1CCN(CCC2CCCC2(N)C#N)C1. The van der Waals surface area contributed by atoms with E-state index in [9.17, 15) is 5.26 Å². The largest absolute Gasteiger partial charge is 0.384 e.